The van der Waals surface area contributed by atoms with Crippen molar-refractivity contribution in [3.8, 4) is 6.07 Å². The summed E-state index contributed by atoms with van der Waals surface area (Å²) in [5, 5.41) is 12.1. The lowest BCUT2D eigenvalue weighted by Crippen LogP contribution is -2.40. The van der Waals surface area contributed by atoms with E-state index >= 15 is 0 Å². The van der Waals surface area contributed by atoms with E-state index in [1.165, 1.54) is 17.8 Å². The number of carbonyl (C=O) groups is 1. The van der Waals surface area contributed by atoms with Crippen LogP contribution in [0.25, 0.3) is 0 Å². The third-order valence-electron chi connectivity index (χ3n) is 4.51. The number of amides is 1. The first kappa shape index (κ1) is 16.8. The monoisotopic (exact) mass is 321 g/mol. The van der Waals surface area contributed by atoms with E-state index in [1.807, 2.05) is 13.8 Å². The zero-order valence-corrected chi connectivity index (χ0v) is 14.0. The third-order valence-corrected chi connectivity index (χ3v) is 5.51. The van der Waals surface area contributed by atoms with Gasteiger partial charge in [0.25, 0.3) is 0 Å². The van der Waals surface area contributed by atoms with Gasteiger partial charge in [0.1, 0.15) is 6.04 Å². The minimum atomic E-state index is -0.394. The summed E-state index contributed by atoms with van der Waals surface area (Å²) in [5.74, 6) is 0.128. The SMILES string of the molecule is Cc1sc(=O)n(CCC(=O)NC(C#N)C2CCCCC2)c1C. The fourth-order valence-electron chi connectivity index (χ4n) is 3.03. The van der Waals surface area contributed by atoms with Crippen LogP contribution in [0, 0.1) is 31.1 Å². The first-order chi connectivity index (χ1) is 10.5. The molecule has 22 heavy (non-hydrogen) atoms. The van der Waals surface area contributed by atoms with Gasteiger partial charge < -0.3 is 9.88 Å². The number of thiazole rings is 1. The molecular weight excluding hydrogens is 298 g/mol. The Bertz CT molecular complexity index is 620. The number of nitrogens with zero attached hydrogens (tertiary/aromatic N) is 2. The lowest BCUT2D eigenvalue weighted by molar-refractivity contribution is -0.122. The standard InChI is InChI=1S/C16H23N3O2S/c1-11-12(2)22-16(21)19(11)9-8-15(20)18-14(10-17)13-6-4-3-5-7-13/h13-14H,3-9H2,1-2H3,(H,18,20). The Kier molecular flexibility index (Phi) is 5.78. The molecule has 0 saturated heterocycles. The minimum absolute atomic E-state index is 0.0214. The topological polar surface area (TPSA) is 74.9 Å². The second-order valence-corrected chi connectivity index (χ2v) is 7.15. The van der Waals surface area contributed by atoms with Gasteiger partial charge in [0.05, 0.1) is 6.07 Å². The first-order valence-electron chi connectivity index (χ1n) is 7.88. The molecule has 1 N–H and O–H groups in total. The van der Waals surface area contributed by atoms with Gasteiger partial charge >= 0.3 is 4.87 Å². The van der Waals surface area contributed by atoms with Crippen LogP contribution in [-0.4, -0.2) is 16.5 Å². The van der Waals surface area contributed by atoms with Gasteiger partial charge in [-0.15, -0.1) is 0 Å². The molecule has 1 atom stereocenters. The molecule has 0 bridgehead atoms. The summed E-state index contributed by atoms with van der Waals surface area (Å²) in [7, 11) is 0. The molecule has 1 aliphatic rings. The Labute approximate surface area is 135 Å². The summed E-state index contributed by atoms with van der Waals surface area (Å²) in [6.07, 6.45) is 5.77. The van der Waals surface area contributed by atoms with Gasteiger partial charge in [-0.05, 0) is 32.6 Å². The van der Waals surface area contributed by atoms with Crippen LogP contribution in [0.2, 0.25) is 0 Å². The summed E-state index contributed by atoms with van der Waals surface area (Å²) < 4.78 is 1.64. The van der Waals surface area contributed by atoms with Crippen LogP contribution in [0.5, 0.6) is 0 Å². The molecule has 0 aliphatic heterocycles. The van der Waals surface area contributed by atoms with E-state index in [-0.39, 0.29) is 23.1 Å². The highest BCUT2D eigenvalue weighted by molar-refractivity contribution is 7.09. The van der Waals surface area contributed by atoms with E-state index in [0.717, 1.165) is 36.3 Å². The number of hydrogen-bond donors (Lipinski definition) is 1. The van der Waals surface area contributed by atoms with Crippen molar-refractivity contribution in [3.63, 3.8) is 0 Å². The highest BCUT2D eigenvalue weighted by Gasteiger charge is 2.24. The number of rotatable bonds is 5. The second kappa shape index (κ2) is 7.59. The van der Waals surface area contributed by atoms with Gasteiger partial charge in [0, 0.05) is 23.5 Å². The Balaban J connectivity index is 1.89. The predicted octanol–water partition coefficient (Wildman–Crippen LogP) is 2.51. The van der Waals surface area contributed by atoms with Crippen molar-refractivity contribution in [2.24, 2.45) is 5.92 Å². The first-order valence-corrected chi connectivity index (χ1v) is 8.70. The summed E-state index contributed by atoms with van der Waals surface area (Å²) in [6, 6.07) is 1.84. The molecule has 1 saturated carbocycles. The Morgan fingerprint density at radius 3 is 2.64 bits per heavy atom. The molecule has 5 nitrogen and oxygen atoms in total. The Hall–Kier alpha value is -1.61. The Morgan fingerprint density at radius 1 is 1.41 bits per heavy atom. The number of hydrogen-bond acceptors (Lipinski definition) is 4. The molecule has 2 rings (SSSR count). The second-order valence-electron chi connectivity index (χ2n) is 5.98. The van der Waals surface area contributed by atoms with Crippen molar-refractivity contribution >= 4 is 17.2 Å². The predicted molar refractivity (Wildman–Crippen MR) is 86.8 cm³/mol. The van der Waals surface area contributed by atoms with E-state index in [0.29, 0.717) is 6.54 Å². The van der Waals surface area contributed by atoms with Crippen molar-refractivity contribution in [1.29, 1.82) is 5.26 Å². The van der Waals surface area contributed by atoms with Crippen LogP contribution < -0.4 is 10.2 Å². The number of carbonyl (C=O) groups excluding carboxylic acids is 1. The normalized spacial score (nSPS) is 17.0. The molecule has 0 spiro atoms. The molecule has 0 aromatic carbocycles. The number of nitriles is 1. The van der Waals surface area contributed by atoms with Crippen LogP contribution in [0.15, 0.2) is 4.79 Å². The van der Waals surface area contributed by atoms with Crippen LogP contribution in [0.4, 0.5) is 0 Å². The Morgan fingerprint density at radius 2 is 2.09 bits per heavy atom. The van der Waals surface area contributed by atoms with Gasteiger partial charge in [-0.3, -0.25) is 9.59 Å². The highest BCUT2D eigenvalue weighted by atomic mass is 32.1. The summed E-state index contributed by atoms with van der Waals surface area (Å²) in [4.78, 5) is 24.8. The lowest BCUT2D eigenvalue weighted by Gasteiger charge is -2.26. The quantitative estimate of drug-likeness (QED) is 0.905. The van der Waals surface area contributed by atoms with Crippen molar-refractivity contribution < 1.29 is 4.79 Å². The van der Waals surface area contributed by atoms with Crippen LogP contribution in [-0.2, 0) is 11.3 Å². The van der Waals surface area contributed by atoms with Crippen molar-refractivity contribution in [2.75, 3.05) is 0 Å². The lowest BCUT2D eigenvalue weighted by atomic mass is 9.84. The molecule has 1 aliphatic carbocycles. The van der Waals surface area contributed by atoms with Crippen LogP contribution in [0.3, 0.4) is 0 Å². The van der Waals surface area contributed by atoms with Crippen LogP contribution in [0.1, 0.15) is 49.1 Å². The summed E-state index contributed by atoms with van der Waals surface area (Å²) in [6.45, 7) is 4.18. The zero-order chi connectivity index (χ0) is 16.1. The van der Waals surface area contributed by atoms with E-state index in [9.17, 15) is 14.9 Å². The smallest absolute Gasteiger partial charge is 0.307 e. The molecule has 1 unspecified atom stereocenters. The number of aryl methyl sites for hydroxylation is 1. The van der Waals surface area contributed by atoms with Gasteiger partial charge in [-0.1, -0.05) is 30.6 Å². The molecule has 1 aromatic rings. The van der Waals surface area contributed by atoms with Crippen molar-refractivity contribution in [1.82, 2.24) is 9.88 Å². The van der Waals surface area contributed by atoms with E-state index < -0.39 is 6.04 Å². The van der Waals surface area contributed by atoms with E-state index in [4.69, 9.17) is 0 Å². The van der Waals surface area contributed by atoms with Gasteiger partial charge in [-0.25, -0.2) is 0 Å². The fourth-order valence-corrected chi connectivity index (χ4v) is 3.89. The van der Waals surface area contributed by atoms with Crippen LogP contribution >= 0.6 is 11.3 Å². The molecule has 6 heteroatoms. The summed E-state index contributed by atoms with van der Waals surface area (Å²) in [5.41, 5.74) is 0.923. The minimum Gasteiger partial charge on any atom is -0.340 e. The molecule has 0 radical (unpaired) electrons. The number of nitrogens with one attached hydrogen (secondary N) is 1. The molecule has 1 amide bonds. The van der Waals surface area contributed by atoms with Gasteiger partial charge in [0.15, 0.2) is 0 Å². The van der Waals surface area contributed by atoms with Crippen molar-refractivity contribution in [3.05, 3.63) is 20.2 Å². The maximum atomic E-state index is 12.1. The molecule has 1 heterocycles. The van der Waals surface area contributed by atoms with E-state index in [1.54, 1.807) is 4.57 Å². The van der Waals surface area contributed by atoms with Crippen molar-refractivity contribution in [2.45, 2.75) is 65.0 Å². The molecular formula is C16H23N3O2S. The third kappa shape index (κ3) is 3.98. The average Bonchev–Trinajstić information content (AvgIpc) is 2.76. The van der Waals surface area contributed by atoms with Gasteiger partial charge in [-0.2, -0.15) is 5.26 Å². The average molecular weight is 321 g/mol. The molecule has 120 valence electrons. The fraction of sp³-hybridized carbons (Fsp3) is 0.688. The van der Waals surface area contributed by atoms with Gasteiger partial charge in [0.2, 0.25) is 5.91 Å². The molecule has 1 aromatic heterocycles. The van der Waals surface area contributed by atoms with E-state index in [2.05, 4.69) is 11.4 Å². The molecule has 1 fully saturated rings. The maximum Gasteiger partial charge on any atom is 0.307 e. The number of aromatic nitrogens is 1. The summed E-state index contributed by atoms with van der Waals surface area (Å²) >= 11 is 1.21. The maximum absolute atomic E-state index is 12.1. The highest BCUT2D eigenvalue weighted by Crippen LogP contribution is 2.26. The largest absolute Gasteiger partial charge is 0.340 e. The zero-order valence-electron chi connectivity index (χ0n) is 13.2.